The lowest BCUT2D eigenvalue weighted by Gasteiger charge is -2.13. The van der Waals surface area contributed by atoms with Crippen LogP contribution in [-0.2, 0) is 4.74 Å². The molecule has 0 amide bonds. The summed E-state index contributed by atoms with van der Waals surface area (Å²) in [4.78, 5) is 4.22. The summed E-state index contributed by atoms with van der Waals surface area (Å²) in [7, 11) is 1.63. The predicted octanol–water partition coefficient (Wildman–Crippen LogP) is 5.04. The molecule has 4 rings (SSSR count). The van der Waals surface area contributed by atoms with Gasteiger partial charge < -0.3 is 9.47 Å². The standard InChI is InChI=1S/C21H17NO2/c1-23-14-24-21-10-9-19(18-6-2-3-7-20(18)21)17-8-4-5-15-13-22-12-11-16(15)17/h2-13H,14H2,1H3. The molecule has 3 heteroatoms. The number of methoxy groups -OCH3 is 1. The fourth-order valence-corrected chi connectivity index (χ4v) is 3.11. The SMILES string of the molecule is COCOc1ccc(-c2cccc3cnccc23)c2ccccc12. The maximum atomic E-state index is 5.71. The maximum Gasteiger partial charge on any atom is 0.188 e. The normalized spacial score (nSPS) is 11.0. The van der Waals surface area contributed by atoms with Gasteiger partial charge in [-0.15, -0.1) is 0 Å². The first-order chi connectivity index (χ1) is 11.9. The van der Waals surface area contributed by atoms with Crippen LogP contribution < -0.4 is 4.74 Å². The largest absolute Gasteiger partial charge is 0.467 e. The third kappa shape index (κ3) is 2.49. The van der Waals surface area contributed by atoms with Gasteiger partial charge in [0.25, 0.3) is 0 Å². The average molecular weight is 315 g/mol. The summed E-state index contributed by atoms with van der Waals surface area (Å²) in [5.41, 5.74) is 2.39. The van der Waals surface area contributed by atoms with Crippen molar-refractivity contribution in [3.63, 3.8) is 0 Å². The summed E-state index contributed by atoms with van der Waals surface area (Å²) in [5.74, 6) is 0.832. The van der Waals surface area contributed by atoms with Crippen LogP contribution in [0.2, 0.25) is 0 Å². The van der Waals surface area contributed by atoms with Gasteiger partial charge in [-0.25, -0.2) is 0 Å². The number of rotatable bonds is 4. The fraction of sp³-hybridized carbons (Fsp3) is 0.0952. The lowest BCUT2D eigenvalue weighted by molar-refractivity contribution is 0.0522. The Labute approximate surface area is 140 Å². The van der Waals surface area contributed by atoms with Gasteiger partial charge in [0.05, 0.1) is 0 Å². The average Bonchev–Trinajstić information content (AvgIpc) is 2.66. The molecule has 3 aromatic carbocycles. The number of nitrogens with zero attached hydrogens (tertiary/aromatic N) is 1. The van der Waals surface area contributed by atoms with Crippen LogP contribution in [0.25, 0.3) is 32.7 Å². The number of pyridine rings is 1. The lowest BCUT2D eigenvalue weighted by atomic mass is 9.94. The number of benzene rings is 3. The summed E-state index contributed by atoms with van der Waals surface area (Å²) in [6.45, 7) is 0.239. The van der Waals surface area contributed by atoms with Gasteiger partial charge >= 0.3 is 0 Å². The number of hydrogen-bond donors (Lipinski definition) is 0. The molecule has 3 nitrogen and oxygen atoms in total. The van der Waals surface area contributed by atoms with E-state index >= 15 is 0 Å². The highest BCUT2D eigenvalue weighted by molar-refractivity contribution is 6.06. The Morgan fingerprint density at radius 2 is 1.62 bits per heavy atom. The molecular weight excluding hydrogens is 298 g/mol. The Hall–Kier alpha value is -2.91. The quantitative estimate of drug-likeness (QED) is 0.495. The zero-order chi connectivity index (χ0) is 16.4. The lowest BCUT2D eigenvalue weighted by Crippen LogP contribution is -1.99. The highest BCUT2D eigenvalue weighted by atomic mass is 16.7. The van der Waals surface area contributed by atoms with Crippen molar-refractivity contribution in [1.82, 2.24) is 4.98 Å². The molecule has 0 radical (unpaired) electrons. The van der Waals surface area contributed by atoms with Crippen LogP contribution in [-0.4, -0.2) is 18.9 Å². The molecule has 24 heavy (non-hydrogen) atoms. The van der Waals surface area contributed by atoms with Crippen molar-refractivity contribution in [3.05, 3.63) is 73.1 Å². The molecular formula is C21H17NO2. The van der Waals surface area contributed by atoms with Gasteiger partial charge in [0.2, 0.25) is 0 Å². The minimum absolute atomic E-state index is 0.239. The Bertz CT molecular complexity index is 1010. The molecule has 0 spiro atoms. The molecule has 1 heterocycles. The van der Waals surface area contributed by atoms with Crippen LogP contribution in [0.4, 0.5) is 0 Å². The highest BCUT2D eigenvalue weighted by Crippen LogP contribution is 2.37. The molecule has 0 bridgehead atoms. The number of fused-ring (bicyclic) bond motifs is 2. The van der Waals surface area contributed by atoms with E-state index in [1.165, 1.54) is 16.5 Å². The van der Waals surface area contributed by atoms with Crippen molar-refractivity contribution in [1.29, 1.82) is 0 Å². The van der Waals surface area contributed by atoms with Crippen molar-refractivity contribution in [3.8, 4) is 16.9 Å². The van der Waals surface area contributed by atoms with Crippen LogP contribution in [0.1, 0.15) is 0 Å². The number of aromatic nitrogens is 1. The second kappa shape index (κ2) is 6.30. The molecule has 0 saturated carbocycles. The van der Waals surface area contributed by atoms with E-state index in [1.807, 2.05) is 24.5 Å². The van der Waals surface area contributed by atoms with E-state index < -0.39 is 0 Å². The van der Waals surface area contributed by atoms with Gasteiger partial charge in [0.1, 0.15) is 5.75 Å². The molecule has 0 saturated heterocycles. The van der Waals surface area contributed by atoms with Crippen LogP contribution in [0.5, 0.6) is 5.75 Å². The summed E-state index contributed by atoms with van der Waals surface area (Å²) in [5, 5.41) is 4.58. The van der Waals surface area contributed by atoms with Crippen molar-refractivity contribution >= 4 is 21.5 Å². The molecule has 0 aliphatic carbocycles. The Balaban J connectivity index is 1.97. The van der Waals surface area contributed by atoms with E-state index in [0.29, 0.717) is 0 Å². The first kappa shape index (κ1) is 14.7. The summed E-state index contributed by atoms with van der Waals surface area (Å²) in [6, 6.07) is 20.8. The van der Waals surface area contributed by atoms with Crippen molar-refractivity contribution in [2.24, 2.45) is 0 Å². The molecule has 0 aliphatic heterocycles. The minimum Gasteiger partial charge on any atom is -0.467 e. The Morgan fingerprint density at radius 3 is 2.50 bits per heavy atom. The monoisotopic (exact) mass is 315 g/mol. The van der Waals surface area contributed by atoms with E-state index in [4.69, 9.17) is 9.47 Å². The molecule has 0 N–H and O–H groups in total. The second-order valence-corrected chi connectivity index (χ2v) is 5.61. The topological polar surface area (TPSA) is 31.4 Å². The molecule has 0 aliphatic rings. The summed E-state index contributed by atoms with van der Waals surface area (Å²) in [6.07, 6.45) is 3.74. The van der Waals surface area contributed by atoms with Crippen molar-refractivity contribution < 1.29 is 9.47 Å². The molecule has 118 valence electrons. The smallest absolute Gasteiger partial charge is 0.188 e. The van der Waals surface area contributed by atoms with E-state index in [2.05, 4.69) is 53.5 Å². The van der Waals surface area contributed by atoms with Crippen LogP contribution in [0, 0.1) is 0 Å². The first-order valence-corrected chi connectivity index (χ1v) is 7.85. The Morgan fingerprint density at radius 1 is 0.792 bits per heavy atom. The van der Waals surface area contributed by atoms with E-state index in [9.17, 15) is 0 Å². The van der Waals surface area contributed by atoms with Crippen LogP contribution in [0.15, 0.2) is 73.1 Å². The van der Waals surface area contributed by atoms with Crippen LogP contribution in [0.3, 0.4) is 0 Å². The van der Waals surface area contributed by atoms with Gasteiger partial charge in [-0.1, -0.05) is 48.5 Å². The van der Waals surface area contributed by atoms with Crippen molar-refractivity contribution in [2.45, 2.75) is 0 Å². The third-order valence-corrected chi connectivity index (χ3v) is 4.19. The minimum atomic E-state index is 0.239. The number of hydrogen-bond acceptors (Lipinski definition) is 3. The van der Waals surface area contributed by atoms with Gasteiger partial charge in [-0.2, -0.15) is 0 Å². The molecule has 0 unspecified atom stereocenters. The zero-order valence-corrected chi connectivity index (χ0v) is 13.4. The second-order valence-electron chi connectivity index (χ2n) is 5.61. The van der Waals surface area contributed by atoms with Gasteiger partial charge in [0, 0.05) is 30.3 Å². The van der Waals surface area contributed by atoms with E-state index in [0.717, 1.165) is 21.9 Å². The predicted molar refractivity (Wildman–Crippen MR) is 97.2 cm³/mol. The van der Waals surface area contributed by atoms with Gasteiger partial charge in [-0.3, -0.25) is 4.98 Å². The first-order valence-electron chi connectivity index (χ1n) is 7.85. The van der Waals surface area contributed by atoms with Gasteiger partial charge in [0.15, 0.2) is 6.79 Å². The number of ether oxygens (including phenoxy) is 2. The van der Waals surface area contributed by atoms with E-state index in [1.54, 1.807) is 7.11 Å². The fourth-order valence-electron chi connectivity index (χ4n) is 3.11. The third-order valence-electron chi connectivity index (χ3n) is 4.19. The molecule has 1 aromatic heterocycles. The van der Waals surface area contributed by atoms with Crippen molar-refractivity contribution in [2.75, 3.05) is 13.9 Å². The van der Waals surface area contributed by atoms with E-state index in [-0.39, 0.29) is 6.79 Å². The maximum absolute atomic E-state index is 5.71. The molecule has 4 aromatic rings. The summed E-state index contributed by atoms with van der Waals surface area (Å²) >= 11 is 0. The van der Waals surface area contributed by atoms with Gasteiger partial charge in [-0.05, 0) is 34.0 Å². The molecule has 0 fully saturated rings. The Kier molecular flexibility index (Phi) is 3.85. The summed E-state index contributed by atoms with van der Waals surface area (Å²) < 4.78 is 10.8. The van der Waals surface area contributed by atoms with Crippen LogP contribution >= 0.6 is 0 Å². The highest BCUT2D eigenvalue weighted by Gasteiger charge is 2.10. The molecule has 0 atom stereocenters. The zero-order valence-electron chi connectivity index (χ0n) is 13.4.